The molecule has 0 radical (unpaired) electrons. The lowest BCUT2D eigenvalue weighted by atomic mass is 10.1. The van der Waals surface area contributed by atoms with E-state index < -0.39 is 0 Å². The number of hydrogen-bond donors (Lipinski definition) is 1. The summed E-state index contributed by atoms with van der Waals surface area (Å²) in [5.41, 5.74) is 5.83. The molecule has 0 aromatic rings. The molecular weight excluding hydrogens is 114 g/mol. The van der Waals surface area contributed by atoms with E-state index >= 15 is 0 Å². The van der Waals surface area contributed by atoms with Gasteiger partial charge in [0.05, 0.1) is 6.10 Å². The van der Waals surface area contributed by atoms with Crippen molar-refractivity contribution in [2.75, 3.05) is 13.7 Å². The first-order chi connectivity index (χ1) is 4.14. The highest BCUT2D eigenvalue weighted by atomic mass is 16.5. The fourth-order valence-corrected chi connectivity index (χ4v) is 1.59. The molecule has 0 aromatic heterocycles. The second-order valence-corrected chi connectivity index (χ2v) is 3.32. The molecule has 0 bridgehead atoms. The van der Waals surface area contributed by atoms with Crippen LogP contribution in [0.1, 0.15) is 13.8 Å². The maximum Gasteiger partial charge on any atom is 0.0672 e. The second kappa shape index (κ2) is 1.96. The molecular formula is C7H15NO. The van der Waals surface area contributed by atoms with E-state index in [1.807, 2.05) is 0 Å². The third-order valence-corrected chi connectivity index (χ3v) is 2.45. The van der Waals surface area contributed by atoms with Crippen molar-refractivity contribution < 1.29 is 4.74 Å². The van der Waals surface area contributed by atoms with Gasteiger partial charge in [-0.2, -0.15) is 0 Å². The molecule has 1 fully saturated rings. The van der Waals surface area contributed by atoms with Crippen molar-refractivity contribution in [3.63, 3.8) is 0 Å². The fraction of sp³-hybridized carbons (Fsp3) is 1.00. The zero-order valence-electron chi connectivity index (χ0n) is 6.35. The minimum absolute atomic E-state index is 0.337. The summed E-state index contributed by atoms with van der Waals surface area (Å²) in [5.74, 6) is 0.586. The molecule has 0 unspecified atom stereocenters. The largest absolute Gasteiger partial charge is 0.381 e. The van der Waals surface area contributed by atoms with Crippen LogP contribution in [0.15, 0.2) is 0 Å². The summed E-state index contributed by atoms with van der Waals surface area (Å²) < 4.78 is 5.20. The first-order valence-electron chi connectivity index (χ1n) is 3.37. The van der Waals surface area contributed by atoms with Crippen LogP contribution < -0.4 is 5.73 Å². The standard InChI is InChI=1S/C7H15NO/c1-7(2)5(4-8)6(7)9-3/h5-6H,4,8H2,1-3H3/t5-,6+/m0/s1. The minimum Gasteiger partial charge on any atom is -0.381 e. The van der Waals surface area contributed by atoms with E-state index in [9.17, 15) is 0 Å². The Morgan fingerprint density at radius 1 is 1.56 bits per heavy atom. The van der Waals surface area contributed by atoms with Crippen molar-refractivity contribution >= 4 is 0 Å². The van der Waals surface area contributed by atoms with Crippen molar-refractivity contribution in [3.05, 3.63) is 0 Å². The van der Waals surface area contributed by atoms with Crippen LogP contribution in [0, 0.1) is 11.3 Å². The zero-order valence-corrected chi connectivity index (χ0v) is 6.35. The summed E-state index contributed by atoms with van der Waals surface area (Å²) >= 11 is 0. The van der Waals surface area contributed by atoms with Crippen molar-refractivity contribution in [2.45, 2.75) is 20.0 Å². The van der Waals surface area contributed by atoms with Gasteiger partial charge in [-0.25, -0.2) is 0 Å². The summed E-state index contributed by atoms with van der Waals surface area (Å²) in [4.78, 5) is 0. The van der Waals surface area contributed by atoms with E-state index in [1.165, 1.54) is 0 Å². The molecule has 1 aliphatic carbocycles. The van der Waals surface area contributed by atoms with E-state index in [1.54, 1.807) is 7.11 Å². The number of rotatable bonds is 2. The Kier molecular flexibility index (Phi) is 1.53. The lowest BCUT2D eigenvalue weighted by Gasteiger charge is -1.97. The normalized spacial score (nSPS) is 38.7. The number of ether oxygens (including phenoxy) is 1. The predicted molar refractivity (Wildman–Crippen MR) is 37.1 cm³/mol. The van der Waals surface area contributed by atoms with Gasteiger partial charge in [-0.1, -0.05) is 13.8 Å². The average molecular weight is 129 g/mol. The van der Waals surface area contributed by atoms with E-state index in [0.29, 0.717) is 17.4 Å². The highest BCUT2D eigenvalue weighted by molar-refractivity contribution is 5.07. The number of hydrogen-bond acceptors (Lipinski definition) is 2. The maximum atomic E-state index is 5.50. The van der Waals surface area contributed by atoms with Gasteiger partial charge >= 0.3 is 0 Å². The lowest BCUT2D eigenvalue weighted by Crippen LogP contribution is -2.05. The van der Waals surface area contributed by atoms with E-state index in [-0.39, 0.29) is 0 Å². The first-order valence-corrected chi connectivity index (χ1v) is 3.37. The molecule has 0 aromatic carbocycles. The van der Waals surface area contributed by atoms with E-state index in [2.05, 4.69) is 13.8 Å². The van der Waals surface area contributed by atoms with Crippen LogP contribution in [0.4, 0.5) is 0 Å². The summed E-state index contributed by atoms with van der Waals surface area (Å²) in [6, 6.07) is 0. The first kappa shape index (κ1) is 7.03. The van der Waals surface area contributed by atoms with Crippen LogP contribution in [-0.4, -0.2) is 19.8 Å². The van der Waals surface area contributed by atoms with E-state index in [4.69, 9.17) is 10.5 Å². The van der Waals surface area contributed by atoms with Crippen molar-refractivity contribution in [3.8, 4) is 0 Å². The second-order valence-electron chi connectivity index (χ2n) is 3.32. The summed E-state index contributed by atoms with van der Waals surface area (Å²) in [5, 5.41) is 0. The van der Waals surface area contributed by atoms with Gasteiger partial charge in [0.1, 0.15) is 0 Å². The molecule has 54 valence electrons. The Morgan fingerprint density at radius 3 is 2.22 bits per heavy atom. The topological polar surface area (TPSA) is 35.2 Å². The van der Waals surface area contributed by atoms with Gasteiger partial charge < -0.3 is 10.5 Å². The van der Waals surface area contributed by atoms with Gasteiger partial charge in [-0.15, -0.1) is 0 Å². The Balaban J connectivity index is 2.45. The average Bonchev–Trinajstić information content (AvgIpc) is 2.32. The molecule has 0 amide bonds. The Hall–Kier alpha value is -0.0800. The summed E-state index contributed by atoms with van der Waals surface area (Å²) in [6.07, 6.45) is 0.405. The van der Waals surface area contributed by atoms with Crippen molar-refractivity contribution in [1.82, 2.24) is 0 Å². The van der Waals surface area contributed by atoms with Crippen LogP contribution in [-0.2, 0) is 4.74 Å². The molecule has 2 atom stereocenters. The van der Waals surface area contributed by atoms with Gasteiger partial charge in [0.15, 0.2) is 0 Å². The molecule has 0 heterocycles. The molecule has 2 heteroatoms. The van der Waals surface area contributed by atoms with Gasteiger partial charge in [-0.05, 0) is 12.0 Å². The van der Waals surface area contributed by atoms with Crippen LogP contribution in [0.5, 0.6) is 0 Å². The molecule has 9 heavy (non-hydrogen) atoms. The molecule has 1 saturated carbocycles. The SMILES string of the molecule is CO[C@@H]1[C@H](CN)C1(C)C. The maximum absolute atomic E-state index is 5.50. The van der Waals surface area contributed by atoms with Gasteiger partial charge in [0, 0.05) is 13.0 Å². The fourth-order valence-electron chi connectivity index (χ4n) is 1.59. The van der Waals surface area contributed by atoms with Crippen LogP contribution in [0.2, 0.25) is 0 Å². The molecule has 0 spiro atoms. The molecule has 0 saturated heterocycles. The van der Waals surface area contributed by atoms with Crippen LogP contribution in [0.25, 0.3) is 0 Å². The lowest BCUT2D eigenvalue weighted by molar-refractivity contribution is 0.148. The molecule has 1 rings (SSSR count). The number of methoxy groups -OCH3 is 1. The third kappa shape index (κ3) is 0.864. The van der Waals surface area contributed by atoms with Crippen LogP contribution >= 0.6 is 0 Å². The Labute approximate surface area is 56.4 Å². The molecule has 0 aliphatic heterocycles. The monoisotopic (exact) mass is 129 g/mol. The van der Waals surface area contributed by atoms with Crippen LogP contribution in [0.3, 0.4) is 0 Å². The van der Waals surface area contributed by atoms with Crippen molar-refractivity contribution in [1.29, 1.82) is 0 Å². The zero-order chi connectivity index (χ0) is 7.07. The summed E-state index contributed by atoms with van der Waals surface area (Å²) in [6.45, 7) is 5.14. The smallest absolute Gasteiger partial charge is 0.0672 e. The van der Waals surface area contributed by atoms with Gasteiger partial charge in [0.2, 0.25) is 0 Å². The predicted octanol–water partition coefficient (Wildman–Crippen LogP) is 0.616. The van der Waals surface area contributed by atoms with Crippen molar-refractivity contribution in [2.24, 2.45) is 17.1 Å². The van der Waals surface area contributed by atoms with E-state index in [0.717, 1.165) is 6.54 Å². The molecule has 2 nitrogen and oxygen atoms in total. The minimum atomic E-state index is 0.337. The Bertz CT molecular complexity index is 99.5. The third-order valence-electron chi connectivity index (χ3n) is 2.45. The van der Waals surface area contributed by atoms with Gasteiger partial charge in [0.25, 0.3) is 0 Å². The molecule has 1 aliphatic rings. The van der Waals surface area contributed by atoms with Gasteiger partial charge in [-0.3, -0.25) is 0 Å². The highest BCUT2D eigenvalue weighted by Crippen LogP contribution is 2.52. The number of nitrogens with two attached hydrogens (primary N) is 1. The highest BCUT2D eigenvalue weighted by Gasteiger charge is 2.57. The quantitative estimate of drug-likeness (QED) is 0.593. The Morgan fingerprint density at radius 2 is 2.11 bits per heavy atom. The molecule has 2 N–H and O–H groups in total. The summed E-state index contributed by atoms with van der Waals surface area (Å²) in [7, 11) is 1.75.